The lowest BCUT2D eigenvalue weighted by atomic mass is 10.2. The molecule has 1 aromatic heterocycles. The van der Waals surface area contributed by atoms with Gasteiger partial charge < -0.3 is 0 Å². The molecule has 0 saturated carbocycles. The van der Waals surface area contributed by atoms with E-state index >= 15 is 0 Å². The van der Waals surface area contributed by atoms with Crippen molar-refractivity contribution in [2.75, 3.05) is 0 Å². The van der Waals surface area contributed by atoms with Gasteiger partial charge in [-0.15, -0.1) is 0 Å². The summed E-state index contributed by atoms with van der Waals surface area (Å²) in [5.74, 6) is -0.263. The van der Waals surface area contributed by atoms with E-state index in [0.29, 0.717) is 5.52 Å². The molecule has 14 heavy (non-hydrogen) atoms. The molecule has 0 radical (unpaired) electrons. The summed E-state index contributed by atoms with van der Waals surface area (Å²) >= 11 is 0. The predicted octanol–water partition coefficient (Wildman–Crippen LogP) is 2.72. The predicted molar refractivity (Wildman–Crippen MR) is 53.5 cm³/mol. The summed E-state index contributed by atoms with van der Waals surface area (Å²) in [5, 5.41) is 0. The van der Waals surface area contributed by atoms with Crippen molar-refractivity contribution in [3.8, 4) is 0 Å². The smallest absolute Gasteiger partial charge is 0.125 e. The highest BCUT2D eigenvalue weighted by Crippen LogP contribution is 2.11. The number of hydrogen-bond donors (Lipinski definition) is 0. The fourth-order valence-electron chi connectivity index (χ4n) is 1.40. The van der Waals surface area contributed by atoms with E-state index in [-0.39, 0.29) is 5.82 Å². The number of benzene rings is 1. The molecule has 72 valence electrons. The van der Waals surface area contributed by atoms with E-state index < -0.39 is 0 Å². The minimum absolute atomic E-state index is 0.263. The van der Waals surface area contributed by atoms with Gasteiger partial charge >= 0.3 is 0 Å². The van der Waals surface area contributed by atoms with E-state index in [0.717, 1.165) is 24.1 Å². The van der Waals surface area contributed by atoms with Gasteiger partial charge in [0.25, 0.3) is 0 Å². The number of aryl methyl sites for hydroxylation is 1. The largest absolute Gasteiger partial charge is 0.253 e. The van der Waals surface area contributed by atoms with Gasteiger partial charge in [0.15, 0.2) is 0 Å². The Labute approximate surface area is 81.8 Å². The second-order valence-electron chi connectivity index (χ2n) is 3.24. The summed E-state index contributed by atoms with van der Waals surface area (Å²) in [4.78, 5) is 8.54. The lowest BCUT2D eigenvalue weighted by molar-refractivity contribution is 0.629. The minimum atomic E-state index is -0.263. The average molecular weight is 190 g/mol. The number of aromatic nitrogens is 2. The lowest BCUT2D eigenvalue weighted by Crippen LogP contribution is -1.92. The maximum absolute atomic E-state index is 12.9. The molecule has 0 aliphatic rings. The molecule has 1 aromatic carbocycles. The zero-order chi connectivity index (χ0) is 9.97. The maximum Gasteiger partial charge on any atom is 0.125 e. The van der Waals surface area contributed by atoms with Gasteiger partial charge in [-0.1, -0.05) is 13.3 Å². The van der Waals surface area contributed by atoms with E-state index in [1.54, 1.807) is 12.3 Å². The molecule has 0 aliphatic carbocycles. The van der Waals surface area contributed by atoms with Crippen LogP contribution in [0, 0.1) is 5.82 Å². The second kappa shape index (κ2) is 3.70. The number of halogens is 1. The number of nitrogens with zero attached hydrogens (tertiary/aromatic N) is 2. The first kappa shape index (κ1) is 9.06. The van der Waals surface area contributed by atoms with Crippen LogP contribution in [-0.2, 0) is 6.42 Å². The van der Waals surface area contributed by atoms with Gasteiger partial charge in [0.2, 0.25) is 0 Å². The number of rotatable bonds is 2. The first-order chi connectivity index (χ1) is 6.79. The van der Waals surface area contributed by atoms with Crippen LogP contribution in [0.5, 0.6) is 0 Å². The molecule has 2 nitrogen and oxygen atoms in total. The molecular weight excluding hydrogens is 179 g/mol. The molecule has 3 heteroatoms. The van der Waals surface area contributed by atoms with Crippen molar-refractivity contribution in [2.45, 2.75) is 19.8 Å². The summed E-state index contributed by atoms with van der Waals surface area (Å²) in [6.45, 7) is 2.08. The Hall–Kier alpha value is -1.51. The zero-order valence-corrected chi connectivity index (χ0v) is 8.00. The van der Waals surface area contributed by atoms with Gasteiger partial charge in [-0.25, -0.2) is 9.37 Å². The van der Waals surface area contributed by atoms with E-state index in [2.05, 4.69) is 16.9 Å². The van der Waals surface area contributed by atoms with E-state index in [4.69, 9.17) is 0 Å². The van der Waals surface area contributed by atoms with Crippen LogP contribution in [0.2, 0.25) is 0 Å². The fraction of sp³-hybridized carbons (Fsp3) is 0.273. The topological polar surface area (TPSA) is 25.8 Å². The van der Waals surface area contributed by atoms with Crippen molar-refractivity contribution >= 4 is 11.0 Å². The van der Waals surface area contributed by atoms with E-state index in [1.165, 1.54) is 12.1 Å². The van der Waals surface area contributed by atoms with Crippen LogP contribution in [0.3, 0.4) is 0 Å². The molecule has 0 aliphatic heterocycles. The van der Waals surface area contributed by atoms with Crippen LogP contribution in [-0.4, -0.2) is 9.97 Å². The Kier molecular flexibility index (Phi) is 2.39. The van der Waals surface area contributed by atoms with Crippen LogP contribution < -0.4 is 0 Å². The highest BCUT2D eigenvalue weighted by atomic mass is 19.1. The molecule has 0 atom stereocenters. The van der Waals surface area contributed by atoms with Crippen molar-refractivity contribution < 1.29 is 4.39 Å². The van der Waals surface area contributed by atoms with Gasteiger partial charge in [-0.2, -0.15) is 0 Å². The summed E-state index contributed by atoms with van der Waals surface area (Å²) in [6, 6.07) is 4.46. The van der Waals surface area contributed by atoms with Gasteiger partial charge in [-0.05, 0) is 18.6 Å². The summed E-state index contributed by atoms with van der Waals surface area (Å²) in [5.41, 5.74) is 2.30. The Balaban J connectivity index is 2.52. The molecule has 0 bridgehead atoms. The summed E-state index contributed by atoms with van der Waals surface area (Å²) in [7, 11) is 0. The van der Waals surface area contributed by atoms with Crippen molar-refractivity contribution in [2.24, 2.45) is 0 Å². The van der Waals surface area contributed by atoms with Crippen molar-refractivity contribution in [3.63, 3.8) is 0 Å². The first-order valence-electron chi connectivity index (χ1n) is 4.71. The molecular formula is C11H11FN2. The van der Waals surface area contributed by atoms with Gasteiger partial charge in [0, 0.05) is 12.3 Å². The highest BCUT2D eigenvalue weighted by molar-refractivity contribution is 5.73. The summed E-state index contributed by atoms with van der Waals surface area (Å²) in [6.07, 6.45) is 3.67. The third kappa shape index (κ3) is 1.71. The second-order valence-corrected chi connectivity index (χ2v) is 3.24. The SMILES string of the molecule is CCCc1cnc2ccc(F)cc2n1. The monoisotopic (exact) mass is 190 g/mol. The van der Waals surface area contributed by atoms with E-state index in [1.807, 2.05) is 0 Å². The van der Waals surface area contributed by atoms with Crippen LogP contribution in [0.15, 0.2) is 24.4 Å². The van der Waals surface area contributed by atoms with Crippen molar-refractivity contribution in [1.82, 2.24) is 9.97 Å². The lowest BCUT2D eigenvalue weighted by Gasteiger charge is -2.00. The molecule has 0 unspecified atom stereocenters. The first-order valence-corrected chi connectivity index (χ1v) is 4.71. The molecule has 0 N–H and O–H groups in total. The van der Waals surface area contributed by atoms with E-state index in [9.17, 15) is 4.39 Å². The van der Waals surface area contributed by atoms with Gasteiger partial charge in [0.1, 0.15) is 5.82 Å². The summed E-state index contributed by atoms with van der Waals surface area (Å²) < 4.78 is 12.9. The number of hydrogen-bond acceptors (Lipinski definition) is 2. The Bertz CT molecular complexity index is 454. The molecule has 0 spiro atoms. The van der Waals surface area contributed by atoms with Crippen LogP contribution in [0.25, 0.3) is 11.0 Å². The standard InChI is InChI=1S/C11H11FN2/c1-2-3-9-7-13-10-5-4-8(12)6-11(10)14-9/h4-7H,2-3H2,1H3. The molecule has 1 heterocycles. The molecule has 2 rings (SSSR count). The van der Waals surface area contributed by atoms with Crippen LogP contribution in [0.4, 0.5) is 4.39 Å². The Morgan fingerprint density at radius 2 is 2.14 bits per heavy atom. The maximum atomic E-state index is 12.9. The Morgan fingerprint density at radius 1 is 1.29 bits per heavy atom. The number of fused-ring (bicyclic) bond motifs is 1. The Morgan fingerprint density at radius 3 is 2.93 bits per heavy atom. The third-order valence-corrected chi connectivity index (χ3v) is 2.06. The normalized spacial score (nSPS) is 10.7. The molecule has 2 aromatic rings. The minimum Gasteiger partial charge on any atom is -0.253 e. The van der Waals surface area contributed by atoms with Crippen LogP contribution >= 0.6 is 0 Å². The van der Waals surface area contributed by atoms with Crippen molar-refractivity contribution in [1.29, 1.82) is 0 Å². The average Bonchev–Trinajstić information content (AvgIpc) is 2.17. The molecule has 0 saturated heterocycles. The van der Waals surface area contributed by atoms with Crippen LogP contribution in [0.1, 0.15) is 19.0 Å². The highest BCUT2D eigenvalue weighted by Gasteiger charge is 2.00. The van der Waals surface area contributed by atoms with Gasteiger partial charge in [0.05, 0.1) is 16.7 Å². The quantitative estimate of drug-likeness (QED) is 0.727. The molecule has 0 amide bonds. The fourth-order valence-corrected chi connectivity index (χ4v) is 1.40. The third-order valence-electron chi connectivity index (χ3n) is 2.06. The van der Waals surface area contributed by atoms with Gasteiger partial charge in [-0.3, -0.25) is 4.98 Å². The van der Waals surface area contributed by atoms with Crippen molar-refractivity contribution in [3.05, 3.63) is 35.9 Å². The molecule has 0 fully saturated rings. The zero-order valence-electron chi connectivity index (χ0n) is 8.00.